The second kappa shape index (κ2) is 5.34. The molecule has 1 saturated heterocycles. The Labute approximate surface area is 120 Å². The number of thiocarbonyl (C=S) groups is 1. The van der Waals surface area contributed by atoms with Gasteiger partial charge in [-0.15, -0.1) is 11.3 Å². The number of hydrogen-bond acceptors (Lipinski definition) is 3. The van der Waals surface area contributed by atoms with Crippen molar-refractivity contribution in [1.29, 1.82) is 0 Å². The Balaban J connectivity index is 1.89. The molecule has 1 aliphatic rings. The van der Waals surface area contributed by atoms with Gasteiger partial charge in [0, 0.05) is 26.7 Å². The Hall–Kier alpha value is 0.0300. The number of nitrogens with zero attached hydrogens (tertiary/aromatic N) is 1. The molecule has 0 atom stereocenters. The van der Waals surface area contributed by atoms with E-state index in [0.717, 1.165) is 32.5 Å². The van der Waals surface area contributed by atoms with Crippen LogP contribution in [0.4, 0.5) is 0 Å². The zero-order chi connectivity index (χ0) is 12.5. The fraction of sp³-hybridized carbons (Fsp3) is 0.583. The lowest BCUT2D eigenvalue weighted by Gasteiger charge is -2.38. The first-order chi connectivity index (χ1) is 7.99. The molecule has 0 aromatic carbocycles. The summed E-state index contributed by atoms with van der Waals surface area (Å²) >= 11 is 10.5. The van der Waals surface area contributed by atoms with Gasteiger partial charge in [-0.1, -0.05) is 19.1 Å². The molecule has 2 rings (SSSR count). The van der Waals surface area contributed by atoms with E-state index in [9.17, 15) is 0 Å². The van der Waals surface area contributed by atoms with Crippen molar-refractivity contribution in [2.75, 3.05) is 13.1 Å². The zero-order valence-electron chi connectivity index (χ0n) is 9.91. The van der Waals surface area contributed by atoms with Crippen LogP contribution < -0.4 is 5.73 Å². The Morgan fingerprint density at radius 2 is 2.24 bits per heavy atom. The largest absolute Gasteiger partial charge is 0.393 e. The van der Waals surface area contributed by atoms with Crippen LogP contribution in [0.2, 0.25) is 0 Å². The molecule has 1 aromatic rings. The summed E-state index contributed by atoms with van der Waals surface area (Å²) < 4.78 is 1.18. The van der Waals surface area contributed by atoms with Crippen molar-refractivity contribution in [2.45, 2.75) is 26.3 Å². The predicted octanol–water partition coefficient (Wildman–Crippen LogP) is 3.40. The number of likely N-dealkylation sites (tertiary alicyclic amines) is 1. The van der Waals surface area contributed by atoms with E-state index < -0.39 is 0 Å². The van der Waals surface area contributed by atoms with Crippen LogP contribution in [0.3, 0.4) is 0 Å². The van der Waals surface area contributed by atoms with Gasteiger partial charge in [0.2, 0.25) is 0 Å². The summed E-state index contributed by atoms with van der Waals surface area (Å²) in [6.07, 6.45) is 2.16. The topological polar surface area (TPSA) is 29.3 Å². The fourth-order valence-electron chi connectivity index (χ4n) is 2.11. The van der Waals surface area contributed by atoms with Crippen LogP contribution in [0.25, 0.3) is 0 Å². The highest BCUT2D eigenvalue weighted by Crippen LogP contribution is 2.32. The summed E-state index contributed by atoms with van der Waals surface area (Å²) in [5.74, 6) is 0. The van der Waals surface area contributed by atoms with Crippen molar-refractivity contribution in [3.63, 3.8) is 0 Å². The van der Waals surface area contributed by atoms with Crippen LogP contribution in [0, 0.1) is 5.41 Å². The van der Waals surface area contributed by atoms with E-state index >= 15 is 0 Å². The quantitative estimate of drug-likeness (QED) is 0.860. The summed E-state index contributed by atoms with van der Waals surface area (Å²) in [5, 5.41) is 2.14. The Bertz CT molecular complexity index is 408. The highest BCUT2D eigenvalue weighted by atomic mass is 79.9. The average Bonchev–Trinajstić information content (AvgIpc) is 2.67. The first-order valence-electron chi connectivity index (χ1n) is 5.75. The second-order valence-electron chi connectivity index (χ2n) is 4.93. The van der Waals surface area contributed by atoms with Crippen molar-refractivity contribution >= 4 is 44.5 Å². The molecule has 0 radical (unpaired) electrons. The Morgan fingerprint density at radius 1 is 1.59 bits per heavy atom. The lowest BCUT2D eigenvalue weighted by molar-refractivity contribution is 0.159. The molecule has 94 valence electrons. The molecule has 0 unspecified atom stereocenters. The number of hydrogen-bond donors (Lipinski definition) is 1. The third kappa shape index (κ3) is 3.28. The number of halogens is 1. The summed E-state index contributed by atoms with van der Waals surface area (Å²) in [4.78, 5) is 4.57. The maximum Gasteiger partial charge on any atom is 0.0788 e. The Morgan fingerprint density at radius 3 is 2.71 bits per heavy atom. The maximum atomic E-state index is 5.81. The van der Waals surface area contributed by atoms with E-state index in [4.69, 9.17) is 18.0 Å². The van der Waals surface area contributed by atoms with Gasteiger partial charge in [-0.05, 0) is 47.9 Å². The molecule has 0 spiro atoms. The molecular weight excluding hydrogens is 316 g/mol. The van der Waals surface area contributed by atoms with Gasteiger partial charge in [0.1, 0.15) is 0 Å². The third-order valence-corrected chi connectivity index (χ3v) is 5.73. The van der Waals surface area contributed by atoms with Crippen LogP contribution >= 0.6 is 39.5 Å². The molecule has 1 fully saturated rings. The van der Waals surface area contributed by atoms with Crippen LogP contribution in [0.15, 0.2) is 15.9 Å². The summed E-state index contributed by atoms with van der Waals surface area (Å²) in [5.41, 5.74) is 5.88. The number of nitrogens with two attached hydrogens (primary N) is 1. The third-order valence-electron chi connectivity index (χ3n) is 3.56. The lowest BCUT2D eigenvalue weighted by atomic mass is 9.80. The van der Waals surface area contributed by atoms with Crippen molar-refractivity contribution in [3.05, 3.63) is 20.8 Å². The molecule has 2 nitrogen and oxygen atoms in total. The normalized spacial score (nSPS) is 20.4. The van der Waals surface area contributed by atoms with E-state index in [1.165, 1.54) is 9.35 Å². The zero-order valence-corrected chi connectivity index (χ0v) is 13.1. The number of piperidine rings is 1. The van der Waals surface area contributed by atoms with Gasteiger partial charge in [-0.25, -0.2) is 0 Å². The monoisotopic (exact) mass is 332 g/mol. The SMILES string of the molecule is CC1(C(N)=S)CCN(Cc2cc(Br)cs2)CC1. The second-order valence-corrected chi connectivity index (χ2v) is 7.28. The van der Waals surface area contributed by atoms with E-state index in [-0.39, 0.29) is 5.41 Å². The molecule has 0 aliphatic carbocycles. The average molecular weight is 333 g/mol. The summed E-state index contributed by atoms with van der Waals surface area (Å²) in [6.45, 7) is 5.41. The molecule has 2 N–H and O–H groups in total. The van der Waals surface area contributed by atoms with Crippen molar-refractivity contribution < 1.29 is 0 Å². The summed E-state index contributed by atoms with van der Waals surface area (Å²) in [7, 11) is 0. The van der Waals surface area contributed by atoms with Gasteiger partial charge < -0.3 is 5.73 Å². The fourth-order valence-corrected chi connectivity index (χ4v) is 3.80. The van der Waals surface area contributed by atoms with Crippen LogP contribution in [0.5, 0.6) is 0 Å². The van der Waals surface area contributed by atoms with Gasteiger partial charge in [-0.2, -0.15) is 0 Å². The van der Waals surface area contributed by atoms with Crippen LogP contribution in [0.1, 0.15) is 24.6 Å². The minimum Gasteiger partial charge on any atom is -0.393 e. The lowest BCUT2D eigenvalue weighted by Crippen LogP contribution is -2.44. The molecule has 0 saturated carbocycles. The first kappa shape index (κ1) is 13.5. The molecule has 0 bridgehead atoms. The van der Waals surface area contributed by atoms with E-state index in [2.05, 4.69) is 39.2 Å². The molecule has 1 aromatic heterocycles. The van der Waals surface area contributed by atoms with Gasteiger partial charge in [0.05, 0.1) is 4.99 Å². The first-order valence-corrected chi connectivity index (χ1v) is 7.83. The van der Waals surface area contributed by atoms with Crippen molar-refractivity contribution in [1.82, 2.24) is 4.90 Å². The van der Waals surface area contributed by atoms with Crippen molar-refractivity contribution in [3.8, 4) is 0 Å². The smallest absolute Gasteiger partial charge is 0.0788 e. The van der Waals surface area contributed by atoms with Crippen LogP contribution in [-0.4, -0.2) is 23.0 Å². The molecule has 5 heteroatoms. The van der Waals surface area contributed by atoms with E-state index in [1.54, 1.807) is 0 Å². The van der Waals surface area contributed by atoms with Crippen molar-refractivity contribution in [2.24, 2.45) is 11.1 Å². The molecule has 2 heterocycles. The van der Waals surface area contributed by atoms with Gasteiger partial charge in [0.25, 0.3) is 0 Å². The predicted molar refractivity (Wildman–Crippen MR) is 81.4 cm³/mol. The molecule has 1 aliphatic heterocycles. The molecule has 0 amide bonds. The highest BCUT2D eigenvalue weighted by molar-refractivity contribution is 9.10. The Kier molecular flexibility index (Phi) is 4.23. The van der Waals surface area contributed by atoms with E-state index in [1.807, 2.05) is 11.3 Å². The van der Waals surface area contributed by atoms with Gasteiger partial charge >= 0.3 is 0 Å². The molecular formula is C12H17BrN2S2. The minimum absolute atomic E-state index is 0.0713. The number of rotatable bonds is 3. The molecule has 17 heavy (non-hydrogen) atoms. The maximum absolute atomic E-state index is 5.81. The van der Waals surface area contributed by atoms with E-state index in [0.29, 0.717) is 4.99 Å². The van der Waals surface area contributed by atoms with Gasteiger partial charge in [0.15, 0.2) is 0 Å². The van der Waals surface area contributed by atoms with Gasteiger partial charge in [-0.3, -0.25) is 4.90 Å². The number of thiophene rings is 1. The highest BCUT2D eigenvalue weighted by Gasteiger charge is 2.32. The minimum atomic E-state index is 0.0713. The standard InChI is InChI=1S/C12H17BrN2S2/c1-12(11(14)16)2-4-15(5-3-12)7-10-6-9(13)8-17-10/h6,8H,2-5,7H2,1H3,(H2,14,16). The summed E-state index contributed by atoms with van der Waals surface area (Å²) in [6, 6.07) is 2.20. The van der Waals surface area contributed by atoms with Crippen LogP contribution in [-0.2, 0) is 6.54 Å².